The Bertz CT molecular complexity index is 418. The molecule has 0 saturated heterocycles. The molecule has 0 aromatic carbocycles. The van der Waals surface area contributed by atoms with E-state index in [0.717, 1.165) is 15.7 Å². The highest BCUT2D eigenvalue weighted by Gasteiger charge is 2.01. The van der Waals surface area contributed by atoms with Crippen molar-refractivity contribution in [2.45, 2.75) is 0 Å². The van der Waals surface area contributed by atoms with E-state index in [2.05, 4.69) is 30.9 Å². The first kappa shape index (κ1) is 9.55. The van der Waals surface area contributed by atoms with Gasteiger partial charge < -0.3 is 0 Å². The molecule has 2 heterocycles. The van der Waals surface area contributed by atoms with E-state index in [-0.39, 0.29) is 0 Å². The van der Waals surface area contributed by atoms with E-state index < -0.39 is 0 Å². The summed E-state index contributed by atoms with van der Waals surface area (Å²) in [6.45, 7) is 0. The van der Waals surface area contributed by atoms with Gasteiger partial charge in [0.25, 0.3) is 0 Å². The van der Waals surface area contributed by atoms with Crippen molar-refractivity contribution in [2.24, 2.45) is 0 Å². The molecule has 0 N–H and O–H groups in total. The van der Waals surface area contributed by atoms with Crippen molar-refractivity contribution in [3.05, 3.63) is 40.5 Å². The second-order valence-corrected chi connectivity index (χ2v) is 3.92. The largest absolute Gasteiger partial charge is 0.263 e. The maximum atomic E-state index is 5.75. The third-order valence-corrected chi connectivity index (χ3v) is 2.27. The van der Waals surface area contributed by atoms with Gasteiger partial charge in [0.1, 0.15) is 11.5 Å². The molecule has 2 aromatic rings. The fraction of sp³-hybridized carbons (Fsp3) is 0. The zero-order valence-electron chi connectivity index (χ0n) is 6.98. The van der Waals surface area contributed by atoms with Gasteiger partial charge in [0.05, 0.1) is 5.69 Å². The summed E-state index contributed by atoms with van der Waals surface area (Å²) in [4.78, 5) is 11.9. The number of nitrogens with zero attached hydrogens (tertiary/aromatic N) is 3. The molecule has 0 atom stereocenters. The fourth-order valence-corrected chi connectivity index (χ4v) is 1.56. The van der Waals surface area contributed by atoms with Gasteiger partial charge in [-0.05, 0) is 22.0 Å². The lowest BCUT2D eigenvalue weighted by atomic mass is 10.2. The van der Waals surface area contributed by atoms with Gasteiger partial charge in [-0.1, -0.05) is 11.6 Å². The van der Waals surface area contributed by atoms with Crippen LogP contribution in [0.5, 0.6) is 0 Å². The number of halogens is 2. The Kier molecular flexibility index (Phi) is 2.74. The lowest BCUT2D eigenvalue weighted by Crippen LogP contribution is -1.86. The van der Waals surface area contributed by atoms with Crippen LogP contribution >= 0.6 is 27.5 Å². The zero-order chi connectivity index (χ0) is 9.97. The van der Waals surface area contributed by atoms with Crippen LogP contribution in [-0.4, -0.2) is 15.0 Å². The third kappa shape index (κ3) is 2.08. The van der Waals surface area contributed by atoms with Crippen LogP contribution in [0.15, 0.2) is 35.3 Å². The molecule has 0 saturated carbocycles. The number of hydrogen-bond donors (Lipinski definition) is 0. The summed E-state index contributed by atoms with van der Waals surface area (Å²) >= 11 is 9.09. The molecule has 2 aromatic heterocycles. The Labute approximate surface area is 94.3 Å². The van der Waals surface area contributed by atoms with E-state index in [9.17, 15) is 0 Å². The van der Waals surface area contributed by atoms with Gasteiger partial charge in [0.2, 0.25) is 0 Å². The maximum Gasteiger partial charge on any atom is 0.133 e. The molecule has 70 valence electrons. The third-order valence-electron chi connectivity index (χ3n) is 1.63. The first-order valence-electron chi connectivity index (χ1n) is 3.84. The number of pyridine rings is 1. The van der Waals surface area contributed by atoms with Crippen molar-refractivity contribution >= 4 is 27.5 Å². The predicted octanol–water partition coefficient (Wildman–Crippen LogP) is 2.95. The summed E-state index contributed by atoms with van der Waals surface area (Å²) in [7, 11) is 0. The molecule has 0 bridgehead atoms. The Morgan fingerprint density at radius 2 is 2.00 bits per heavy atom. The molecule has 5 heteroatoms. The van der Waals surface area contributed by atoms with Crippen LogP contribution < -0.4 is 0 Å². The average Bonchev–Trinajstić information content (AvgIpc) is 2.18. The minimum atomic E-state index is 0.426. The van der Waals surface area contributed by atoms with Crippen LogP contribution in [0.1, 0.15) is 0 Å². The molecule has 3 nitrogen and oxygen atoms in total. The fourth-order valence-electron chi connectivity index (χ4n) is 1.04. The molecule has 2 rings (SSSR count). The second kappa shape index (κ2) is 4.02. The molecule has 0 aliphatic heterocycles. The smallest absolute Gasteiger partial charge is 0.133 e. The highest BCUT2D eigenvalue weighted by molar-refractivity contribution is 9.10. The maximum absolute atomic E-state index is 5.75. The molecule has 0 amide bonds. The minimum absolute atomic E-state index is 0.426. The van der Waals surface area contributed by atoms with Crippen molar-refractivity contribution in [3.63, 3.8) is 0 Å². The molecule has 0 unspecified atom stereocenters. The van der Waals surface area contributed by atoms with Gasteiger partial charge in [0, 0.05) is 28.5 Å². The average molecular weight is 271 g/mol. The van der Waals surface area contributed by atoms with Crippen molar-refractivity contribution < 1.29 is 0 Å². The van der Waals surface area contributed by atoms with Gasteiger partial charge in [0.15, 0.2) is 0 Å². The SMILES string of the molecule is Clc1cc(-c2cncc(Br)c2)ncn1. The normalized spacial score (nSPS) is 10.1. The van der Waals surface area contributed by atoms with E-state index in [1.807, 2.05) is 6.07 Å². The molecular weight excluding hydrogens is 265 g/mol. The Balaban J connectivity index is 2.49. The van der Waals surface area contributed by atoms with E-state index in [0.29, 0.717) is 5.15 Å². The summed E-state index contributed by atoms with van der Waals surface area (Å²) in [5, 5.41) is 0.426. The van der Waals surface area contributed by atoms with E-state index >= 15 is 0 Å². The van der Waals surface area contributed by atoms with Crippen LogP contribution in [0.3, 0.4) is 0 Å². The van der Waals surface area contributed by atoms with Gasteiger partial charge in [-0.25, -0.2) is 9.97 Å². The Hall–Kier alpha value is -1.00. The number of hydrogen-bond acceptors (Lipinski definition) is 3. The van der Waals surface area contributed by atoms with Gasteiger partial charge in [-0.15, -0.1) is 0 Å². The van der Waals surface area contributed by atoms with E-state index in [1.54, 1.807) is 18.5 Å². The van der Waals surface area contributed by atoms with Crippen LogP contribution in [0.25, 0.3) is 11.3 Å². The molecular formula is C9H5BrClN3. The van der Waals surface area contributed by atoms with E-state index in [4.69, 9.17) is 11.6 Å². The van der Waals surface area contributed by atoms with Crippen molar-refractivity contribution in [1.29, 1.82) is 0 Å². The van der Waals surface area contributed by atoms with Crippen molar-refractivity contribution in [1.82, 2.24) is 15.0 Å². The monoisotopic (exact) mass is 269 g/mol. The van der Waals surface area contributed by atoms with Gasteiger partial charge in [-0.3, -0.25) is 4.98 Å². The topological polar surface area (TPSA) is 38.7 Å². The van der Waals surface area contributed by atoms with Crippen LogP contribution in [0, 0.1) is 0 Å². The Morgan fingerprint density at radius 3 is 2.71 bits per heavy atom. The minimum Gasteiger partial charge on any atom is -0.263 e. The first-order chi connectivity index (χ1) is 6.75. The van der Waals surface area contributed by atoms with Crippen LogP contribution in [0.4, 0.5) is 0 Å². The summed E-state index contributed by atoms with van der Waals surface area (Å²) in [5.74, 6) is 0. The lowest BCUT2D eigenvalue weighted by molar-refractivity contribution is 1.16. The molecule has 0 radical (unpaired) electrons. The summed E-state index contributed by atoms with van der Waals surface area (Å²) in [5.41, 5.74) is 1.67. The quantitative estimate of drug-likeness (QED) is 0.748. The van der Waals surface area contributed by atoms with Gasteiger partial charge >= 0.3 is 0 Å². The van der Waals surface area contributed by atoms with Crippen molar-refractivity contribution in [3.8, 4) is 11.3 Å². The second-order valence-electron chi connectivity index (χ2n) is 2.62. The number of rotatable bonds is 1. The zero-order valence-corrected chi connectivity index (χ0v) is 9.33. The summed E-state index contributed by atoms with van der Waals surface area (Å²) in [6, 6.07) is 3.62. The summed E-state index contributed by atoms with van der Waals surface area (Å²) in [6.07, 6.45) is 4.87. The molecule has 0 aliphatic carbocycles. The molecule has 0 fully saturated rings. The van der Waals surface area contributed by atoms with Crippen LogP contribution in [-0.2, 0) is 0 Å². The summed E-state index contributed by atoms with van der Waals surface area (Å²) < 4.78 is 0.907. The predicted molar refractivity (Wildman–Crippen MR) is 58.0 cm³/mol. The van der Waals surface area contributed by atoms with Crippen LogP contribution in [0.2, 0.25) is 5.15 Å². The Morgan fingerprint density at radius 1 is 1.14 bits per heavy atom. The molecule has 0 spiro atoms. The highest BCUT2D eigenvalue weighted by atomic mass is 79.9. The van der Waals surface area contributed by atoms with Gasteiger partial charge in [-0.2, -0.15) is 0 Å². The molecule has 14 heavy (non-hydrogen) atoms. The molecule has 0 aliphatic rings. The van der Waals surface area contributed by atoms with Crippen molar-refractivity contribution in [2.75, 3.05) is 0 Å². The standard InChI is InChI=1S/C9H5BrClN3/c10-7-1-6(3-12-4-7)8-2-9(11)14-5-13-8/h1-5H. The lowest BCUT2D eigenvalue weighted by Gasteiger charge is -1.99. The first-order valence-corrected chi connectivity index (χ1v) is 5.01. The highest BCUT2D eigenvalue weighted by Crippen LogP contribution is 2.20. The van der Waals surface area contributed by atoms with E-state index in [1.165, 1.54) is 6.33 Å². The number of aromatic nitrogens is 3.